The number of aryl methyl sites for hydroxylation is 1. The standard InChI is InChI=1S/C10H8ClN.C5H11N.C3H9NO.2CH4/c1-7-6-9(11)8-4-2-3-5-10(8)12-7;1-2-4-6-5-3-1;4-2-1-3-5;;/h2-6H,1H3;6H,1-5H2;5H,1-4H2;2*1H4. The number of hydrogen-bond donors (Lipinski definition) is 3. The van der Waals surface area contributed by atoms with E-state index in [1.54, 1.807) is 0 Å². The minimum atomic E-state index is 0. The highest BCUT2D eigenvalue weighted by molar-refractivity contribution is 6.35. The average Bonchev–Trinajstić information content (AvgIpc) is 2.58. The Morgan fingerprint density at radius 3 is 2.24 bits per heavy atom. The molecule has 0 amide bonds. The van der Waals surface area contributed by atoms with Gasteiger partial charge in [-0.1, -0.05) is 51.1 Å². The first kappa shape index (κ1) is 26.0. The third-order valence-corrected chi connectivity index (χ3v) is 3.68. The van der Waals surface area contributed by atoms with E-state index in [-0.39, 0.29) is 21.5 Å². The molecule has 1 aromatic heterocycles. The SMILES string of the molecule is C.C.C1CCNCC1.Cc1cc(Cl)c2ccccc2n1.NCCCO. The van der Waals surface area contributed by atoms with Gasteiger partial charge in [0.15, 0.2) is 0 Å². The molecule has 3 rings (SSSR count). The molecule has 0 radical (unpaired) electrons. The van der Waals surface area contributed by atoms with Crippen LogP contribution in [0.15, 0.2) is 30.3 Å². The summed E-state index contributed by atoms with van der Waals surface area (Å²) in [4.78, 5) is 4.35. The van der Waals surface area contributed by atoms with Crippen molar-refractivity contribution in [1.29, 1.82) is 0 Å². The number of aliphatic hydroxyl groups is 1. The molecule has 0 aliphatic carbocycles. The van der Waals surface area contributed by atoms with Gasteiger partial charge in [0.25, 0.3) is 0 Å². The molecule has 144 valence electrons. The van der Waals surface area contributed by atoms with Crippen LogP contribution in [0.1, 0.15) is 46.2 Å². The van der Waals surface area contributed by atoms with Crippen molar-refractivity contribution in [1.82, 2.24) is 10.3 Å². The summed E-state index contributed by atoms with van der Waals surface area (Å²) >= 11 is 6.02. The number of aliphatic hydroxyl groups excluding tert-OH is 1. The van der Waals surface area contributed by atoms with Crippen molar-refractivity contribution >= 4 is 22.5 Å². The summed E-state index contributed by atoms with van der Waals surface area (Å²) in [6.45, 7) is 5.26. The molecule has 0 spiro atoms. The molecular formula is C20H36ClN3O. The number of aromatic nitrogens is 1. The van der Waals surface area contributed by atoms with E-state index in [1.807, 2.05) is 37.3 Å². The molecule has 1 aliphatic rings. The number of pyridine rings is 1. The van der Waals surface area contributed by atoms with Gasteiger partial charge in [-0.25, -0.2) is 0 Å². The Kier molecular flexibility index (Phi) is 17.0. The van der Waals surface area contributed by atoms with Crippen LogP contribution < -0.4 is 11.1 Å². The quantitative estimate of drug-likeness (QED) is 0.725. The Morgan fingerprint density at radius 1 is 1.16 bits per heavy atom. The fourth-order valence-electron chi connectivity index (χ4n) is 2.15. The van der Waals surface area contributed by atoms with Gasteiger partial charge in [-0.2, -0.15) is 0 Å². The first-order valence-corrected chi connectivity index (χ1v) is 8.60. The number of halogens is 1. The van der Waals surface area contributed by atoms with Crippen LogP contribution in [0.3, 0.4) is 0 Å². The minimum absolute atomic E-state index is 0. The van der Waals surface area contributed by atoms with Gasteiger partial charge in [0.2, 0.25) is 0 Å². The van der Waals surface area contributed by atoms with Crippen molar-refractivity contribution in [3.8, 4) is 0 Å². The molecular weight excluding hydrogens is 334 g/mol. The molecule has 0 unspecified atom stereocenters. The van der Waals surface area contributed by atoms with Crippen LogP contribution in [0.5, 0.6) is 0 Å². The van der Waals surface area contributed by atoms with Gasteiger partial charge >= 0.3 is 0 Å². The predicted molar refractivity (Wildman–Crippen MR) is 112 cm³/mol. The summed E-state index contributed by atoms with van der Waals surface area (Å²) in [5.41, 5.74) is 6.90. The Hall–Kier alpha value is -1.20. The fraction of sp³-hybridized carbons (Fsp3) is 0.550. The summed E-state index contributed by atoms with van der Waals surface area (Å²) in [5, 5.41) is 13.1. The van der Waals surface area contributed by atoms with Crippen LogP contribution in [0.25, 0.3) is 10.9 Å². The molecule has 4 nitrogen and oxygen atoms in total. The Morgan fingerprint density at radius 2 is 1.80 bits per heavy atom. The molecule has 0 bridgehead atoms. The van der Waals surface area contributed by atoms with Crippen molar-refractivity contribution in [3.05, 3.63) is 41.0 Å². The zero-order chi connectivity index (χ0) is 16.9. The Labute approximate surface area is 158 Å². The van der Waals surface area contributed by atoms with Crippen molar-refractivity contribution in [2.45, 2.75) is 47.5 Å². The maximum atomic E-state index is 7.99. The molecule has 1 aliphatic heterocycles. The van der Waals surface area contributed by atoms with Crippen LogP contribution in [-0.2, 0) is 0 Å². The smallest absolute Gasteiger partial charge is 0.0720 e. The zero-order valence-corrected chi connectivity index (χ0v) is 14.6. The second-order valence-electron chi connectivity index (χ2n) is 5.44. The zero-order valence-electron chi connectivity index (χ0n) is 13.9. The number of fused-ring (bicyclic) bond motifs is 1. The average molecular weight is 370 g/mol. The summed E-state index contributed by atoms with van der Waals surface area (Å²) in [6.07, 6.45) is 4.94. The van der Waals surface area contributed by atoms with E-state index in [0.29, 0.717) is 6.54 Å². The molecule has 1 fully saturated rings. The lowest BCUT2D eigenvalue weighted by Crippen LogP contribution is -2.21. The molecule has 2 heterocycles. The molecule has 1 aromatic carbocycles. The molecule has 1 saturated heterocycles. The molecule has 4 N–H and O–H groups in total. The van der Waals surface area contributed by atoms with Gasteiger partial charge in [0.05, 0.1) is 10.5 Å². The number of rotatable bonds is 2. The van der Waals surface area contributed by atoms with E-state index in [0.717, 1.165) is 28.0 Å². The summed E-state index contributed by atoms with van der Waals surface area (Å²) in [6, 6.07) is 9.75. The van der Waals surface area contributed by atoms with E-state index < -0.39 is 0 Å². The number of nitrogens with zero attached hydrogens (tertiary/aromatic N) is 1. The third-order valence-electron chi connectivity index (χ3n) is 3.36. The monoisotopic (exact) mass is 369 g/mol. The highest BCUT2D eigenvalue weighted by atomic mass is 35.5. The van der Waals surface area contributed by atoms with Gasteiger partial charge in [-0.15, -0.1) is 0 Å². The first-order valence-electron chi connectivity index (χ1n) is 8.22. The number of benzene rings is 1. The van der Waals surface area contributed by atoms with E-state index in [4.69, 9.17) is 22.4 Å². The van der Waals surface area contributed by atoms with E-state index in [2.05, 4.69) is 10.3 Å². The number of nitrogens with two attached hydrogens (primary N) is 1. The third kappa shape index (κ3) is 11.1. The van der Waals surface area contributed by atoms with E-state index in [9.17, 15) is 0 Å². The van der Waals surface area contributed by atoms with E-state index >= 15 is 0 Å². The number of hydrogen-bond acceptors (Lipinski definition) is 4. The highest BCUT2D eigenvalue weighted by Crippen LogP contribution is 2.21. The van der Waals surface area contributed by atoms with Gasteiger partial charge in [-0.05, 0) is 58.0 Å². The summed E-state index contributed by atoms with van der Waals surface area (Å²) in [7, 11) is 0. The normalized spacial score (nSPS) is 12.5. The van der Waals surface area contributed by atoms with Gasteiger partial charge in [0, 0.05) is 17.7 Å². The lowest BCUT2D eigenvalue weighted by atomic mass is 10.2. The van der Waals surface area contributed by atoms with Crippen molar-refractivity contribution < 1.29 is 5.11 Å². The number of piperidine rings is 1. The summed E-state index contributed by atoms with van der Waals surface area (Å²) in [5.74, 6) is 0. The number of para-hydroxylation sites is 1. The van der Waals surface area contributed by atoms with Crippen LogP contribution in [0.4, 0.5) is 0 Å². The van der Waals surface area contributed by atoms with Crippen molar-refractivity contribution in [2.75, 3.05) is 26.2 Å². The minimum Gasteiger partial charge on any atom is -0.396 e. The Bertz CT molecular complexity index is 546. The van der Waals surface area contributed by atoms with Gasteiger partial charge in [0.1, 0.15) is 0 Å². The Balaban J connectivity index is 0. The second kappa shape index (κ2) is 16.3. The van der Waals surface area contributed by atoms with Gasteiger partial charge in [-0.3, -0.25) is 4.98 Å². The largest absolute Gasteiger partial charge is 0.396 e. The first-order chi connectivity index (χ1) is 11.2. The van der Waals surface area contributed by atoms with Crippen LogP contribution in [0, 0.1) is 6.92 Å². The topological polar surface area (TPSA) is 71.2 Å². The molecule has 0 atom stereocenters. The maximum absolute atomic E-state index is 7.99. The van der Waals surface area contributed by atoms with Crippen molar-refractivity contribution in [3.63, 3.8) is 0 Å². The fourth-order valence-corrected chi connectivity index (χ4v) is 2.47. The maximum Gasteiger partial charge on any atom is 0.0720 e. The lowest BCUT2D eigenvalue weighted by molar-refractivity contribution is 0.291. The van der Waals surface area contributed by atoms with E-state index in [1.165, 1.54) is 32.4 Å². The molecule has 2 aromatic rings. The van der Waals surface area contributed by atoms with Gasteiger partial charge < -0.3 is 16.2 Å². The predicted octanol–water partition coefficient (Wildman–Crippen LogP) is 4.56. The highest BCUT2D eigenvalue weighted by Gasteiger charge is 1.99. The summed E-state index contributed by atoms with van der Waals surface area (Å²) < 4.78 is 0. The van der Waals surface area contributed by atoms with Crippen LogP contribution >= 0.6 is 11.6 Å². The molecule has 5 heteroatoms. The number of nitrogens with one attached hydrogen (secondary N) is 1. The van der Waals surface area contributed by atoms with Crippen LogP contribution in [0.2, 0.25) is 5.02 Å². The molecule has 25 heavy (non-hydrogen) atoms. The second-order valence-corrected chi connectivity index (χ2v) is 5.85. The lowest BCUT2D eigenvalue weighted by Gasteiger charge is -2.08. The molecule has 0 saturated carbocycles. The van der Waals surface area contributed by atoms with Crippen LogP contribution in [-0.4, -0.2) is 36.3 Å². The van der Waals surface area contributed by atoms with Crippen molar-refractivity contribution in [2.24, 2.45) is 5.73 Å².